The van der Waals surface area contributed by atoms with Crippen LogP contribution in [0.2, 0.25) is 0 Å². The van der Waals surface area contributed by atoms with Gasteiger partial charge < -0.3 is 15.5 Å². The quantitative estimate of drug-likeness (QED) is 0.366. The van der Waals surface area contributed by atoms with Gasteiger partial charge in [0.2, 0.25) is 5.91 Å². The molecule has 38 heavy (non-hydrogen) atoms. The first kappa shape index (κ1) is 28.8. The lowest BCUT2D eigenvalue weighted by Crippen LogP contribution is -2.41. The second-order valence-electron chi connectivity index (χ2n) is 8.54. The number of nitrogens with one attached hydrogen (secondary N) is 3. The fraction of sp³-hybridized carbons (Fsp3) is 0.222. The molecule has 0 unspecified atom stereocenters. The summed E-state index contributed by atoms with van der Waals surface area (Å²) < 4.78 is 28.5. The van der Waals surface area contributed by atoms with E-state index in [9.17, 15) is 22.8 Å². The van der Waals surface area contributed by atoms with Crippen molar-refractivity contribution in [2.75, 3.05) is 37.4 Å². The van der Waals surface area contributed by atoms with Crippen molar-refractivity contribution in [2.24, 2.45) is 0 Å². The maximum Gasteiger partial charge on any atom is 0.261 e. The van der Waals surface area contributed by atoms with Gasteiger partial charge in [-0.05, 0) is 49.4 Å². The molecule has 0 spiro atoms. The third-order valence-electron chi connectivity index (χ3n) is 5.97. The molecule has 11 heteroatoms. The van der Waals surface area contributed by atoms with E-state index in [0.29, 0.717) is 25.2 Å². The molecule has 0 bridgehead atoms. The van der Waals surface area contributed by atoms with Crippen LogP contribution in [0.25, 0.3) is 0 Å². The van der Waals surface area contributed by atoms with E-state index >= 15 is 0 Å². The second kappa shape index (κ2) is 13.2. The molecule has 1 aliphatic rings. The summed E-state index contributed by atoms with van der Waals surface area (Å²) in [5, 5.41) is 5.82. The Bertz CT molecular complexity index is 1370. The summed E-state index contributed by atoms with van der Waals surface area (Å²) in [6, 6.07) is 20.3. The van der Waals surface area contributed by atoms with Crippen LogP contribution in [0.15, 0.2) is 83.8 Å². The Morgan fingerprint density at radius 2 is 1.50 bits per heavy atom. The molecular weight excluding hydrogens is 528 g/mol. The van der Waals surface area contributed by atoms with Crippen LogP contribution in [-0.4, -0.2) is 63.6 Å². The third kappa shape index (κ3) is 7.18. The van der Waals surface area contributed by atoms with Gasteiger partial charge in [-0.3, -0.25) is 19.1 Å². The number of ketones is 1. The minimum Gasteiger partial charge on any atom is -0.343 e. The fourth-order valence-electron chi connectivity index (χ4n) is 3.97. The standard InChI is InChI=1S/C27H28N4O5S.ClH/c32-25(31-17-6-15-28-16-18-31)19-29-27(34)21-11-13-22(14-12-21)37(35,36)30-24-10-5-4-9-23(24)26(33)20-7-2-1-3-8-20;/h1-5,7-14,28,30H,6,15-19H2,(H,29,34);1H. The topological polar surface area (TPSA) is 125 Å². The largest absolute Gasteiger partial charge is 0.343 e. The van der Waals surface area contributed by atoms with Crippen LogP contribution < -0.4 is 15.4 Å². The van der Waals surface area contributed by atoms with Gasteiger partial charge in [0.15, 0.2) is 5.78 Å². The van der Waals surface area contributed by atoms with Crippen LogP contribution in [-0.2, 0) is 14.8 Å². The molecule has 0 atom stereocenters. The number of amides is 2. The van der Waals surface area contributed by atoms with Crippen molar-refractivity contribution in [2.45, 2.75) is 11.3 Å². The van der Waals surface area contributed by atoms with E-state index in [1.807, 2.05) is 0 Å². The molecule has 9 nitrogen and oxygen atoms in total. The van der Waals surface area contributed by atoms with Crippen molar-refractivity contribution >= 4 is 45.7 Å². The molecule has 0 saturated carbocycles. The molecule has 0 aliphatic carbocycles. The summed E-state index contributed by atoms with van der Waals surface area (Å²) in [5.74, 6) is -0.946. The molecule has 1 fully saturated rings. The number of halogens is 1. The van der Waals surface area contributed by atoms with Crippen molar-refractivity contribution in [3.63, 3.8) is 0 Å². The Kier molecular flexibility index (Phi) is 10.0. The molecule has 2 amide bonds. The minimum atomic E-state index is -4.04. The number of rotatable bonds is 8. The molecule has 0 aromatic heterocycles. The molecule has 1 heterocycles. The van der Waals surface area contributed by atoms with Crippen LogP contribution in [0.1, 0.15) is 32.7 Å². The van der Waals surface area contributed by atoms with Gasteiger partial charge in [-0.1, -0.05) is 42.5 Å². The number of nitrogens with zero attached hydrogens (tertiary/aromatic N) is 1. The van der Waals surface area contributed by atoms with Crippen LogP contribution in [0.4, 0.5) is 5.69 Å². The number of anilines is 1. The van der Waals surface area contributed by atoms with Crippen molar-refractivity contribution in [3.8, 4) is 0 Å². The van der Waals surface area contributed by atoms with E-state index in [4.69, 9.17) is 0 Å². The smallest absolute Gasteiger partial charge is 0.261 e. The molecule has 3 N–H and O–H groups in total. The predicted octanol–water partition coefficient (Wildman–Crippen LogP) is 2.69. The summed E-state index contributed by atoms with van der Waals surface area (Å²) in [6.07, 6.45) is 0.856. The summed E-state index contributed by atoms with van der Waals surface area (Å²) in [5.41, 5.74) is 1.04. The van der Waals surface area contributed by atoms with E-state index in [1.165, 1.54) is 30.3 Å². The number of carbonyl (C=O) groups excluding carboxylic acids is 3. The number of hydrogen-bond donors (Lipinski definition) is 3. The first-order valence-corrected chi connectivity index (χ1v) is 13.4. The van der Waals surface area contributed by atoms with Gasteiger partial charge in [0.25, 0.3) is 15.9 Å². The zero-order valence-corrected chi connectivity index (χ0v) is 22.2. The Labute approximate surface area is 228 Å². The normalized spacial score (nSPS) is 13.5. The Hall–Kier alpha value is -3.73. The number of benzene rings is 3. The average molecular weight is 557 g/mol. The van der Waals surface area contributed by atoms with Gasteiger partial charge in [-0.2, -0.15) is 0 Å². The van der Waals surface area contributed by atoms with Gasteiger partial charge in [-0.15, -0.1) is 12.4 Å². The highest BCUT2D eigenvalue weighted by molar-refractivity contribution is 7.92. The van der Waals surface area contributed by atoms with Crippen molar-refractivity contribution in [1.29, 1.82) is 0 Å². The lowest BCUT2D eigenvalue weighted by atomic mass is 10.0. The van der Waals surface area contributed by atoms with E-state index < -0.39 is 15.9 Å². The molecule has 4 rings (SSSR count). The molecule has 0 radical (unpaired) electrons. The van der Waals surface area contributed by atoms with Crippen molar-refractivity contribution < 1.29 is 22.8 Å². The number of carbonyl (C=O) groups is 3. The maximum atomic E-state index is 13.0. The fourth-order valence-corrected chi connectivity index (χ4v) is 5.05. The number of para-hydroxylation sites is 1. The van der Waals surface area contributed by atoms with E-state index in [2.05, 4.69) is 15.4 Å². The minimum absolute atomic E-state index is 0. The summed E-state index contributed by atoms with van der Waals surface area (Å²) in [6.45, 7) is 2.67. The van der Waals surface area contributed by atoms with E-state index in [0.717, 1.165) is 13.0 Å². The highest BCUT2D eigenvalue weighted by Crippen LogP contribution is 2.23. The summed E-state index contributed by atoms with van der Waals surface area (Å²) >= 11 is 0. The van der Waals surface area contributed by atoms with Crippen LogP contribution >= 0.6 is 12.4 Å². The highest BCUT2D eigenvalue weighted by atomic mass is 35.5. The number of sulfonamides is 1. The van der Waals surface area contributed by atoms with Gasteiger partial charge in [0.1, 0.15) is 0 Å². The van der Waals surface area contributed by atoms with Crippen molar-refractivity contribution in [3.05, 3.63) is 95.6 Å². The van der Waals surface area contributed by atoms with E-state index in [1.54, 1.807) is 53.4 Å². The Balaban J connectivity index is 0.00000400. The Morgan fingerprint density at radius 1 is 0.816 bits per heavy atom. The molecule has 200 valence electrons. The SMILES string of the molecule is Cl.O=C(NCC(=O)N1CCCNCC1)c1ccc(S(=O)(=O)Nc2ccccc2C(=O)c2ccccc2)cc1. The van der Waals surface area contributed by atoms with Gasteiger partial charge in [-0.25, -0.2) is 8.42 Å². The van der Waals surface area contributed by atoms with Crippen LogP contribution in [0.5, 0.6) is 0 Å². The Morgan fingerprint density at radius 3 is 2.24 bits per heavy atom. The number of hydrogen-bond acceptors (Lipinski definition) is 6. The second-order valence-corrected chi connectivity index (χ2v) is 10.2. The average Bonchev–Trinajstić information content (AvgIpc) is 3.22. The lowest BCUT2D eigenvalue weighted by Gasteiger charge is -2.20. The van der Waals surface area contributed by atoms with Gasteiger partial charge >= 0.3 is 0 Å². The molecular formula is C27H29ClN4O5S. The molecule has 1 aliphatic heterocycles. The molecule has 3 aromatic rings. The zero-order chi connectivity index (χ0) is 26.3. The van der Waals surface area contributed by atoms with Gasteiger partial charge in [0.05, 0.1) is 17.1 Å². The third-order valence-corrected chi connectivity index (χ3v) is 7.35. The molecule has 3 aromatic carbocycles. The van der Waals surface area contributed by atoms with Crippen LogP contribution in [0.3, 0.4) is 0 Å². The first-order chi connectivity index (χ1) is 17.8. The van der Waals surface area contributed by atoms with Crippen LogP contribution in [0, 0.1) is 0 Å². The zero-order valence-electron chi connectivity index (χ0n) is 20.6. The maximum absolute atomic E-state index is 13.0. The van der Waals surface area contributed by atoms with E-state index in [-0.39, 0.29) is 52.4 Å². The first-order valence-electron chi connectivity index (χ1n) is 11.9. The lowest BCUT2D eigenvalue weighted by molar-refractivity contribution is -0.129. The predicted molar refractivity (Wildman–Crippen MR) is 147 cm³/mol. The van der Waals surface area contributed by atoms with Crippen molar-refractivity contribution in [1.82, 2.24) is 15.5 Å². The molecule has 1 saturated heterocycles. The monoisotopic (exact) mass is 556 g/mol. The highest BCUT2D eigenvalue weighted by Gasteiger charge is 2.21. The summed E-state index contributed by atoms with van der Waals surface area (Å²) in [4.78, 5) is 39.5. The summed E-state index contributed by atoms with van der Waals surface area (Å²) in [7, 11) is -4.04. The van der Waals surface area contributed by atoms with Gasteiger partial charge in [0, 0.05) is 36.3 Å².